The van der Waals surface area contributed by atoms with Crippen LogP contribution in [0.5, 0.6) is 0 Å². The summed E-state index contributed by atoms with van der Waals surface area (Å²) in [6.45, 7) is 6.41. The first-order valence-electron chi connectivity index (χ1n) is 9.57. The van der Waals surface area contributed by atoms with E-state index < -0.39 is 0 Å². The van der Waals surface area contributed by atoms with Crippen LogP contribution in [0.25, 0.3) is 0 Å². The molecule has 2 aliphatic rings. The molecule has 1 heteroatoms. The fraction of sp³-hybridized carbons (Fsp3) is 0.900. The minimum absolute atomic E-state index is 0.858. The van der Waals surface area contributed by atoms with Gasteiger partial charge in [-0.25, -0.2) is 0 Å². The third-order valence-corrected chi connectivity index (χ3v) is 5.72. The third-order valence-electron chi connectivity index (χ3n) is 5.72. The van der Waals surface area contributed by atoms with Gasteiger partial charge in [-0.05, 0) is 87.9 Å². The van der Waals surface area contributed by atoms with Crippen LogP contribution in [0.2, 0.25) is 0 Å². The number of hydrogen-bond donors (Lipinski definition) is 0. The Morgan fingerprint density at radius 2 is 1.48 bits per heavy atom. The SMILES string of the molecule is CC/C=C/C1CCC(C2CCC(COCCC)CC2)CC1. The number of ether oxygens (including phenoxy) is 1. The van der Waals surface area contributed by atoms with Crippen LogP contribution >= 0.6 is 0 Å². The van der Waals surface area contributed by atoms with Crippen LogP contribution in [-0.4, -0.2) is 13.2 Å². The van der Waals surface area contributed by atoms with Gasteiger partial charge in [0, 0.05) is 13.2 Å². The lowest BCUT2D eigenvalue weighted by Crippen LogP contribution is -2.26. The summed E-state index contributed by atoms with van der Waals surface area (Å²) in [5.74, 6) is 3.81. The summed E-state index contributed by atoms with van der Waals surface area (Å²) in [6.07, 6.45) is 18.9. The molecule has 0 bridgehead atoms. The summed E-state index contributed by atoms with van der Waals surface area (Å²) in [4.78, 5) is 0. The zero-order chi connectivity index (χ0) is 14.9. The van der Waals surface area contributed by atoms with Gasteiger partial charge in [-0.15, -0.1) is 0 Å². The molecule has 0 N–H and O–H groups in total. The van der Waals surface area contributed by atoms with Crippen LogP contribution in [0.15, 0.2) is 12.2 Å². The van der Waals surface area contributed by atoms with Crippen molar-refractivity contribution in [3.8, 4) is 0 Å². The Hall–Kier alpha value is -0.300. The number of hydrogen-bond acceptors (Lipinski definition) is 1. The van der Waals surface area contributed by atoms with Gasteiger partial charge < -0.3 is 4.74 Å². The van der Waals surface area contributed by atoms with Crippen molar-refractivity contribution in [2.45, 2.75) is 78.1 Å². The highest BCUT2D eigenvalue weighted by atomic mass is 16.5. The standard InChI is InChI=1S/C20H36O/c1-3-5-6-17-7-11-19(12-8-17)20-13-9-18(10-14-20)16-21-15-4-2/h5-6,17-20H,3-4,7-16H2,1-2H3/b6-5+. The summed E-state index contributed by atoms with van der Waals surface area (Å²) in [5.41, 5.74) is 0. The summed E-state index contributed by atoms with van der Waals surface area (Å²) >= 11 is 0. The molecule has 0 aromatic heterocycles. The molecule has 21 heavy (non-hydrogen) atoms. The smallest absolute Gasteiger partial charge is 0.0494 e. The molecular formula is C20H36O. The van der Waals surface area contributed by atoms with Crippen molar-refractivity contribution >= 4 is 0 Å². The maximum Gasteiger partial charge on any atom is 0.0494 e. The lowest BCUT2D eigenvalue weighted by Gasteiger charge is -2.37. The van der Waals surface area contributed by atoms with E-state index in [1.807, 2.05) is 0 Å². The highest BCUT2D eigenvalue weighted by Crippen LogP contribution is 2.41. The Kier molecular flexibility index (Phi) is 7.85. The average molecular weight is 293 g/mol. The number of allylic oxidation sites excluding steroid dienone is 2. The molecule has 122 valence electrons. The second-order valence-electron chi connectivity index (χ2n) is 7.37. The van der Waals surface area contributed by atoms with Crippen molar-refractivity contribution in [2.75, 3.05) is 13.2 Å². The first kappa shape index (κ1) is 17.1. The van der Waals surface area contributed by atoms with Crippen molar-refractivity contribution < 1.29 is 4.74 Å². The zero-order valence-electron chi connectivity index (χ0n) is 14.4. The van der Waals surface area contributed by atoms with Crippen LogP contribution in [0.1, 0.15) is 78.1 Å². The molecule has 2 aliphatic carbocycles. The van der Waals surface area contributed by atoms with Crippen molar-refractivity contribution in [3.63, 3.8) is 0 Å². The van der Waals surface area contributed by atoms with Crippen LogP contribution in [-0.2, 0) is 4.74 Å². The van der Waals surface area contributed by atoms with Gasteiger partial charge in [0.1, 0.15) is 0 Å². The van der Waals surface area contributed by atoms with E-state index in [0.29, 0.717) is 0 Å². The van der Waals surface area contributed by atoms with Crippen LogP contribution < -0.4 is 0 Å². The zero-order valence-corrected chi connectivity index (χ0v) is 14.4. The Bertz CT molecular complexity index is 280. The first-order chi connectivity index (χ1) is 10.3. The molecule has 2 fully saturated rings. The largest absolute Gasteiger partial charge is 0.381 e. The van der Waals surface area contributed by atoms with E-state index >= 15 is 0 Å². The van der Waals surface area contributed by atoms with Gasteiger partial charge in [-0.3, -0.25) is 0 Å². The predicted molar refractivity (Wildman–Crippen MR) is 91.4 cm³/mol. The Morgan fingerprint density at radius 3 is 2.05 bits per heavy atom. The van der Waals surface area contributed by atoms with Gasteiger partial charge in [0.25, 0.3) is 0 Å². The molecule has 1 nitrogen and oxygen atoms in total. The van der Waals surface area contributed by atoms with Crippen LogP contribution in [0.3, 0.4) is 0 Å². The maximum absolute atomic E-state index is 5.75. The molecule has 0 unspecified atom stereocenters. The van der Waals surface area contributed by atoms with Crippen molar-refractivity contribution in [1.82, 2.24) is 0 Å². The molecule has 0 heterocycles. The van der Waals surface area contributed by atoms with E-state index in [1.54, 1.807) is 0 Å². The van der Waals surface area contributed by atoms with Crippen molar-refractivity contribution in [3.05, 3.63) is 12.2 Å². The van der Waals surface area contributed by atoms with E-state index in [-0.39, 0.29) is 0 Å². The molecule has 0 atom stereocenters. The first-order valence-corrected chi connectivity index (χ1v) is 9.57. The van der Waals surface area contributed by atoms with Gasteiger partial charge in [-0.2, -0.15) is 0 Å². The van der Waals surface area contributed by atoms with Gasteiger partial charge in [0.15, 0.2) is 0 Å². The molecule has 0 amide bonds. The molecule has 2 saturated carbocycles. The fourth-order valence-corrected chi connectivity index (χ4v) is 4.36. The maximum atomic E-state index is 5.75. The quantitative estimate of drug-likeness (QED) is 0.413. The molecule has 0 aromatic carbocycles. The second-order valence-corrected chi connectivity index (χ2v) is 7.37. The highest BCUT2D eigenvalue weighted by Gasteiger charge is 2.30. The molecule has 0 saturated heterocycles. The molecular weight excluding hydrogens is 256 g/mol. The van der Waals surface area contributed by atoms with E-state index in [1.165, 1.54) is 57.8 Å². The van der Waals surface area contributed by atoms with E-state index in [9.17, 15) is 0 Å². The van der Waals surface area contributed by atoms with Crippen LogP contribution in [0, 0.1) is 23.7 Å². The van der Waals surface area contributed by atoms with Crippen molar-refractivity contribution in [1.29, 1.82) is 0 Å². The fourth-order valence-electron chi connectivity index (χ4n) is 4.36. The lowest BCUT2D eigenvalue weighted by molar-refractivity contribution is 0.0662. The minimum Gasteiger partial charge on any atom is -0.381 e. The monoisotopic (exact) mass is 292 g/mol. The van der Waals surface area contributed by atoms with Gasteiger partial charge in [0.2, 0.25) is 0 Å². The lowest BCUT2D eigenvalue weighted by atomic mass is 9.69. The Balaban J connectivity index is 1.63. The Labute approximate surface area is 132 Å². The molecule has 0 aliphatic heterocycles. The Morgan fingerprint density at radius 1 is 0.857 bits per heavy atom. The van der Waals surface area contributed by atoms with E-state index in [4.69, 9.17) is 4.74 Å². The molecule has 2 rings (SSSR count). The summed E-state index contributed by atoms with van der Waals surface area (Å²) < 4.78 is 5.75. The molecule has 0 radical (unpaired) electrons. The van der Waals surface area contributed by atoms with Gasteiger partial charge >= 0.3 is 0 Å². The normalized spacial score (nSPS) is 34.4. The molecule has 0 aromatic rings. The summed E-state index contributed by atoms with van der Waals surface area (Å²) in [6, 6.07) is 0. The van der Waals surface area contributed by atoms with Crippen molar-refractivity contribution in [2.24, 2.45) is 23.7 Å². The number of rotatable bonds is 7. The summed E-state index contributed by atoms with van der Waals surface area (Å²) in [7, 11) is 0. The topological polar surface area (TPSA) is 9.23 Å². The van der Waals surface area contributed by atoms with E-state index in [2.05, 4.69) is 26.0 Å². The van der Waals surface area contributed by atoms with Crippen LogP contribution in [0.4, 0.5) is 0 Å². The predicted octanol–water partition coefficient (Wildman–Crippen LogP) is 5.99. The third kappa shape index (κ3) is 5.77. The highest BCUT2D eigenvalue weighted by molar-refractivity contribution is 4.91. The van der Waals surface area contributed by atoms with Gasteiger partial charge in [0.05, 0.1) is 0 Å². The van der Waals surface area contributed by atoms with E-state index in [0.717, 1.165) is 43.3 Å². The molecule has 0 spiro atoms. The second kappa shape index (κ2) is 9.66. The summed E-state index contributed by atoms with van der Waals surface area (Å²) in [5, 5.41) is 0. The average Bonchev–Trinajstić information content (AvgIpc) is 2.54. The van der Waals surface area contributed by atoms with Gasteiger partial charge in [-0.1, -0.05) is 26.0 Å². The minimum atomic E-state index is 0.858.